The molecule has 2 atom stereocenters. The summed E-state index contributed by atoms with van der Waals surface area (Å²) < 4.78 is 75.9. The average molecular weight is 440 g/mol. The highest BCUT2D eigenvalue weighted by atomic mass is 32.2. The van der Waals surface area contributed by atoms with Gasteiger partial charge >= 0.3 is 6.18 Å². The number of carbonyl (C=O) groups is 1. The SMILES string of the molecule is CCN1C(C(F)(F)F)=NN(c2cc(NCS(=O)[O-])c(C(N)=S)cc2F)C1C=O. The summed E-state index contributed by atoms with van der Waals surface area (Å²) in [7, 11) is 0. The Labute approximate surface area is 164 Å². The first-order valence-corrected chi connectivity index (χ1v) is 9.26. The minimum atomic E-state index is -4.87. The van der Waals surface area contributed by atoms with Crippen LogP contribution in [-0.2, 0) is 15.9 Å². The van der Waals surface area contributed by atoms with Gasteiger partial charge in [-0.3, -0.25) is 9.00 Å². The van der Waals surface area contributed by atoms with Crippen molar-refractivity contribution in [2.24, 2.45) is 10.8 Å². The van der Waals surface area contributed by atoms with E-state index in [0.717, 1.165) is 12.1 Å². The summed E-state index contributed by atoms with van der Waals surface area (Å²) in [5.41, 5.74) is 4.89. The van der Waals surface area contributed by atoms with Crippen LogP contribution in [0.5, 0.6) is 0 Å². The summed E-state index contributed by atoms with van der Waals surface area (Å²) in [4.78, 5) is 11.8. The van der Waals surface area contributed by atoms with Crippen molar-refractivity contribution in [3.63, 3.8) is 0 Å². The molecular formula is C14H14F4N5O3S2-. The Hall–Kier alpha value is -2.32. The number of alkyl halides is 3. The Morgan fingerprint density at radius 3 is 2.61 bits per heavy atom. The number of anilines is 2. The number of hydrogen-bond donors (Lipinski definition) is 2. The lowest BCUT2D eigenvalue weighted by Crippen LogP contribution is -2.47. The zero-order valence-corrected chi connectivity index (χ0v) is 15.8. The molecule has 28 heavy (non-hydrogen) atoms. The van der Waals surface area contributed by atoms with Gasteiger partial charge in [0.2, 0.25) is 5.84 Å². The van der Waals surface area contributed by atoms with Crippen molar-refractivity contribution < 1.29 is 31.1 Å². The Kier molecular flexibility index (Phi) is 6.56. The van der Waals surface area contributed by atoms with E-state index < -0.39 is 46.6 Å². The maximum Gasteiger partial charge on any atom is 0.451 e. The van der Waals surface area contributed by atoms with E-state index in [1.165, 1.54) is 6.92 Å². The molecule has 1 aliphatic heterocycles. The predicted molar refractivity (Wildman–Crippen MR) is 97.9 cm³/mol. The number of likely N-dealkylation sites (N-methyl/N-ethyl adjacent to an activating group) is 1. The molecule has 8 nitrogen and oxygen atoms in total. The summed E-state index contributed by atoms with van der Waals surface area (Å²) in [5.74, 6) is -3.00. The van der Waals surface area contributed by atoms with Crippen LogP contribution < -0.4 is 16.1 Å². The van der Waals surface area contributed by atoms with Gasteiger partial charge in [-0.1, -0.05) is 12.2 Å². The molecule has 0 saturated carbocycles. The molecule has 2 unspecified atom stereocenters. The number of thiocarbonyl (C=S) groups is 1. The maximum atomic E-state index is 14.6. The minimum absolute atomic E-state index is 0.0449. The van der Waals surface area contributed by atoms with E-state index in [4.69, 9.17) is 18.0 Å². The van der Waals surface area contributed by atoms with E-state index in [-0.39, 0.29) is 29.1 Å². The first-order valence-electron chi connectivity index (χ1n) is 7.61. The molecule has 0 amide bonds. The van der Waals surface area contributed by atoms with E-state index in [9.17, 15) is 31.1 Å². The van der Waals surface area contributed by atoms with Crippen LogP contribution in [0.2, 0.25) is 0 Å². The number of nitrogens with zero attached hydrogens (tertiary/aromatic N) is 3. The first kappa shape index (κ1) is 22.0. The molecule has 0 aromatic heterocycles. The number of hydrogen-bond acceptors (Lipinski definition) is 8. The van der Waals surface area contributed by atoms with Crippen LogP contribution >= 0.6 is 12.2 Å². The van der Waals surface area contributed by atoms with Gasteiger partial charge in [0.25, 0.3) is 0 Å². The quantitative estimate of drug-likeness (QED) is 0.282. The van der Waals surface area contributed by atoms with Crippen molar-refractivity contribution in [3.8, 4) is 0 Å². The van der Waals surface area contributed by atoms with Crippen LogP contribution in [0.1, 0.15) is 12.5 Å². The lowest BCUT2D eigenvalue weighted by molar-refractivity contribution is -0.111. The second-order valence-electron chi connectivity index (χ2n) is 5.44. The smallest absolute Gasteiger partial charge is 0.451 e. The number of aldehydes is 1. The van der Waals surface area contributed by atoms with Crippen molar-refractivity contribution in [1.29, 1.82) is 0 Å². The largest absolute Gasteiger partial charge is 0.771 e. The fourth-order valence-corrected chi connectivity index (χ4v) is 3.03. The lowest BCUT2D eigenvalue weighted by atomic mass is 10.1. The summed E-state index contributed by atoms with van der Waals surface area (Å²) in [5, 5.41) is 6.38. The van der Waals surface area contributed by atoms with Gasteiger partial charge in [-0.25, -0.2) is 9.40 Å². The highest BCUT2D eigenvalue weighted by Gasteiger charge is 2.48. The second-order valence-corrected chi connectivity index (χ2v) is 6.78. The van der Waals surface area contributed by atoms with Gasteiger partial charge in [0.1, 0.15) is 16.5 Å². The molecule has 3 N–H and O–H groups in total. The second kappa shape index (κ2) is 8.36. The summed E-state index contributed by atoms with van der Waals surface area (Å²) in [6.45, 7) is 1.16. The predicted octanol–water partition coefficient (Wildman–Crippen LogP) is 1.25. The molecule has 1 aliphatic rings. The topological polar surface area (TPSA) is 114 Å². The highest BCUT2D eigenvalue weighted by molar-refractivity contribution is 7.80. The molecule has 0 spiro atoms. The van der Waals surface area contributed by atoms with E-state index in [1.54, 1.807) is 0 Å². The van der Waals surface area contributed by atoms with Crippen LogP contribution in [0.25, 0.3) is 0 Å². The van der Waals surface area contributed by atoms with Gasteiger partial charge in [0.05, 0.1) is 5.88 Å². The van der Waals surface area contributed by atoms with E-state index in [2.05, 4.69) is 10.4 Å². The third-order valence-electron chi connectivity index (χ3n) is 3.74. The monoisotopic (exact) mass is 440 g/mol. The van der Waals surface area contributed by atoms with Gasteiger partial charge < -0.3 is 20.5 Å². The van der Waals surface area contributed by atoms with E-state index in [1.807, 2.05) is 0 Å². The molecule has 154 valence electrons. The van der Waals surface area contributed by atoms with Crippen molar-refractivity contribution in [1.82, 2.24) is 4.90 Å². The number of amidine groups is 1. The normalized spacial score (nSPS) is 18.1. The summed E-state index contributed by atoms with van der Waals surface area (Å²) in [6, 6.07) is 1.82. The molecule has 0 saturated heterocycles. The maximum absolute atomic E-state index is 14.6. The molecule has 0 aliphatic carbocycles. The molecule has 0 bridgehead atoms. The molecule has 1 aromatic carbocycles. The minimum Gasteiger partial charge on any atom is -0.771 e. The van der Waals surface area contributed by atoms with Crippen LogP contribution in [-0.4, -0.2) is 55.5 Å². The number of hydrazone groups is 1. The molecule has 0 fully saturated rings. The Balaban J connectivity index is 2.60. The van der Waals surface area contributed by atoms with E-state index >= 15 is 0 Å². The Morgan fingerprint density at radius 2 is 2.14 bits per heavy atom. The molecule has 1 aromatic rings. The number of carbonyl (C=O) groups excluding carboxylic acids is 1. The molecule has 14 heteroatoms. The molecule has 0 radical (unpaired) electrons. The number of nitrogens with two attached hydrogens (primary N) is 1. The molecular weight excluding hydrogens is 426 g/mol. The zero-order chi connectivity index (χ0) is 21.2. The standard InChI is InChI=1S/C14H15F4N5O3S2/c1-2-22-11(5-24)23(21-13(22)14(16,17)18)10-4-9(20-6-28(25)26)7(12(19)27)3-8(10)15/h3-5,11,20H,2,6H2,1H3,(H2,19,27)(H,25,26)/p-1. The van der Waals surface area contributed by atoms with Gasteiger partial charge in [0, 0.05) is 17.8 Å². The van der Waals surface area contributed by atoms with Gasteiger partial charge in [0.15, 0.2) is 12.5 Å². The van der Waals surface area contributed by atoms with Crippen LogP contribution in [0, 0.1) is 5.82 Å². The highest BCUT2D eigenvalue weighted by Crippen LogP contribution is 2.35. The third-order valence-corrected chi connectivity index (χ3v) is 4.34. The number of rotatable bonds is 7. The van der Waals surface area contributed by atoms with E-state index in [0.29, 0.717) is 9.91 Å². The Morgan fingerprint density at radius 1 is 1.50 bits per heavy atom. The average Bonchev–Trinajstić information content (AvgIpc) is 2.98. The third kappa shape index (κ3) is 4.39. The first-order chi connectivity index (χ1) is 13.0. The number of benzene rings is 1. The summed E-state index contributed by atoms with van der Waals surface area (Å²) in [6.07, 6.45) is -6.23. The van der Waals surface area contributed by atoms with Crippen LogP contribution in [0.3, 0.4) is 0 Å². The van der Waals surface area contributed by atoms with Gasteiger partial charge in [-0.15, -0.1) is 5.10 Å². The molecule has 2 rings (SSSR count). The lowest BCUT2D eigenvalue weighted by Gasteiger charge is -2.27. The summed E-state index contributed by atoms with van der Waals surface area (Å²) >= 11 is 2.25. The fourth-order valence-electron chi connectivity index (χ4n) is 2.58. The number of nitrogens with one attached hydrogen (secondary N) is 1. The molecule has 1 heterocycles. The van der Waals surface area contributed by atoms with Crippen LogP contribution in [0.4, 0.5) is 28.9 Å². The van der Waals surface area contributed by atoms with Gasteiger partial charge in [-0.05, 0) is 30.1 Å². The van der Waals surface area contributed by atoms with Gasteiger partial charge in [-0.2, -0.15) is 13.2 Å². The fraction of sp³-hybridized carbons (Fsp3) is 0.357. The Bertz CT molecular complexity index is 849. The number of halogens is 4. The van der Waals surface area contributed by atoms with Crippen molar-refractivity contribution in [2.45, 2.75) is 19.3 Å². The van der Waals surface area contributed by atoms with Crippen LogP contribution in [0.15, 0.2) is 17.2 Å². The van der Waals surface area contributed by atoms with Crippen molar-refractivity contribution >= 4 is 51.8 Å². The van der Waals surface area contributed by atoms with Crippen molar-refractivity contribution in [2.75, 3.05) is 22.7 Å². The van der Waals surface area contributed by atoms with Crippen molar-refractivity contribution in [3.05, 3.63) is 23.5 Å². The zero-order valence-electron chi connectivity index (χ0n) is 14.2.